The lowest BCUT2D eigenvalue weighted by Gasteiger charge is -2.26. The number of amides is 2. The summed E-state index contributed by atoms with van der Waals surface area (Å²) in [6.07, 6.45) is 3.78. The summed E-state index contributed by atoms with van der Waals surface area (Å²) in [6, 6.07) is 7.50. The number of nitrogens with zero attached hydrogens (tertiary/aromatic N) is 2. The van der Waals surface area contributed by atoms with Gasteiger partial charge in [0.2, 0.25) is 0 Å². The van der Waals surface area contributed by atoms with Gasteiger partial charge in [-0.05, 0) is 18.1 Å². The van der Waals surface area contributed by atoms with E-state index in [0.29, 0.717) is 6.42 Å². The number of hydrogen-bond acceptors (Lipinski definition) is 3. The highest BCUT2D eigenvalue weighted by Gasteiger charge is 2.32. The lowest BCUT2D eigenvalue weighted by atomic mass is 10.1. The molecule has 0 saturated carbocycles. The molecule has 1 aromatic rings. The summed E-state index contributed by atoms with van der Waals surface area (Å²) in [5.41, 5.74) is 1.99. The molecule has 0 spiro atoms. The van der Waals surface area contributed by atoms with Crippen LogP contribution in [0.15, 0.2) is 36.4 Å². The normalized spacial score (nSPS) is 17.1. The molecule has 20 heavy (non-hydrogen) atoms. The summed E-state index contributed by atoms with van der Waals surface area (Å²) >= 11 is 0. The molecule has 1 atom stereocenters. The highest BCUT2D eigenvalue weighted by molar-refractivity contribution is 5.95. The van der Waals surface area contributed by atoms with Gasteiger partial charge in [0, 0.05) is 25.9 Å². The molecule has 1 aliphatic rings. The topological polar surface area (TPSA) is 49.9 Å². The number of esters is 1. The number of anilines is 1. The fourth-order valence-electron chi connectivity index (χ4n) is 2.29. The number of fused-ring (bicyclic) bond motifs is 1. The molecule has 5 heteroatoms. The van der Waals surface area contributed by atoms with Gasteiger partial charge in [0.25, 0.3) is 0 Å². The van der Waals surface area contributed by atoms with Crippen molar-refractivity contribution in [3.05, 3.63) is 42.0 Å². The second-order valence-electron chi connectivity index (χ2n) is 4.83. The predicted molar refractivity (Wildman–Crippen MR) is 76.7 cm³/mol. The number of methoxy groups -OCH3 is 1. The van der Waals surface area contributed by atoms with Crippen LogP contribution in [-0.4, -0.2) is 44.1 Å². The minimum Gasteiger partial charge on any atom is -0.466 e. The molecule has 106 valence electrons. The first-order valence-corrected chi connectivity index (χ1v) is 6.39. The molecule has 0 aliphatic carbocycles. The maximum absolute atomic E-state index is 12.3. The smallest absolute Gasteiger partial charge is 0.330 e. The highest BCUT2D eigenvalue weighted by atomic mass is 16.5. The summed E-state index contributed by atoms with van der Waals surface area (Å²) in [4.78, 5) is 26.8. The van der Waals surface area contributed by atoms with E-state index < -0.39 is 5.97 Å². The van der Waals surface area contributed by atoms with Crippen molar-refractivity contribution < 1.29 is 14.3 Å². The second-order valence-corrected chi connectivity index (χ2v) is 4.83. The van der Waals surface area contributed by atoms with Gasteiger partial charge in [-0.15, -0.1) is 0 Å². The standard InChI is InChI=1S/C15H18N2O3/c1-16(2)15(19)17-12(8-9-14(18)20-3)10-11-6-4-5-7-13(11)17/h4-9,12H,10H2,1-3H3/b9-8+. The third-order valence-electron chi connectivity index (χ3n) is 3.26. The van der Waals surface area contributed by atoms with E-state index in [9.17, 15) is 9.59 Å². The molecule has 2 rings (SSSR count). The average molecular weight is 274 g/mol. The quantitative estimate of drug-likeness (QED) is 0.610. The Morgan fingerprint density at radius 1 is 1.35 bits per heavy atom. The molecule has 5 nitrogen and oxygen atoms in total. The Bertz CT molecular complexity index is 552. The number of hydrogen-bond donors (Lipinski definition) is 0. The predicted octanol–water partition coefficient (Wildman–Crippen LogP) is 1.83. The van der Waals surface area contributed by atoms with Crippen LogP contribution in [0, 0.1) is 0 Å². The number of carbonyl (C=O) groups excluding carboxylic acids is 2. The van der Waals surface area contributed by atoms with Gasteiger partial charge in [-0.1, -0.05) is 24.3 Å². The van der Waals surface area contributed by atoms with Crippen molar-refractivity contribution in [2.45, 2.75) is 12.5 Å². The van der Waals surface area contributed by atoms with Gasteiger partial charge in [-0.3, -0.25) is 4.90 Å². The van der Waals surface area contributed by atoms with Crippen LogP contribution in [0.4, 0.5) is 10.5 Å². The van der Waals surface area contributed by atoms with Crippen LogP contribution in [0.2, 0.25) is 0 Å². The van der Waals surface area contributed by atoms with E-state index in [2.05, 4.69) is 4.74 Å². The Morgan fingerprint density at radius 2 is 2.05 bits per heavy atom. The lowest BCUT2D eigenvalue weighted by Crippen LogP contribution is -2.43. The SMILES string of the molecule is COC(=O)/C=C/C1Cc2ccccc2N1C(=O)N(C)C. The fourth-order valence-corrected chi connectivity index (χ4v) is 2.29. The van der Waals surface area contributed by atoms with Crippen LogP contribution in [0.3, 0.4) is 0 Å². The molecule has 0 radical (unpaired) electrons. The zero-order valence-corrected chi connectivity index (χ0v) is 11.9. The first-order valence-electron chi connectivity index (χ1n) is 6.39. The van der Waals surface area contributed by atoms with Crippen LogP contribution in [0.5, 0.6) is 0 Å². The zero-order valence-electron chi connectivity index (χ0n) is 11.9. The average Bonchev–Trinajstić information content (AvgIpc) is 2.81. The first-order chi connectivity index (χ1) is 9.54. The first kappa shape index (κ1) is 14.1. The van der Waals surface area contributed by atoms with Gasteiger partial charge in [0.05, 0.1) is 13.2 Å². The van der Waals surface area contributed by atoms with Gasteiger partial charge in [0.1, 0.15) is 0 Å². The lowest BCUT2D eigenvalue weighted by molar-refractivity contribution is -0.134. The van der Waals surface area contributed by atoms with Crippen molar-refractivity contribution in [1.29, 1.82) is 0 Å². The minimum absolute atomic E-state index is 0.102. The number of para-hydroxylation sites is 1. The van der Waals surface area contributed by atoms with Gasteiger partial charge in [0.15, 0.2) is 0 Å². The van der Waals surface area contributed by atoms with E-state index in [4.69, 9.17) is 0 Å². The monoisotopic (exact) mass is 274 g/mol. The summed E-state index contributed by atoms with van der Waals surface area (Å²) in [7, 11) is 4.76. The van der Waals surface area contributed by atoms with E-state index in [0.717, 1.165) is 11.3 Å². The van der Waals surface area contributed by atoms with Gasteiger partial charge >= 0.3 is 12.0 Å². The van der Waals surface area contributed by atoms with E-state index in [1.807, 2.05) is 24.3 Å². The molecular formula is C15H18N2O3. The second kappa shape index (κ2) is 5.77. The van der Waals surface area contributed by atoms with Crippen LogP contribution in [0.25, 0.3) is 0 Å². The van der Waals surface area contributed by atoms with Gasteiger partial charge in [-0.2, -0.15) is 0 Å². The van der Waals surface area contributed by atoms with Crippen molar-refractivity contribution in [1.82, 2.24) is 4.90 Å². The minimum atomic E-state index is -0.418. The molecule has 0 bridgehead atoms. The molecule has 1 heterocycles. The van der Waals surface area contributed by atoms with E-state index in [1.54, 1.807) is 25.1 Å². The molecule has 1 aromatic carbocycles. The number of urea groups is 1. The van der Waals surface area contributed by atoms with Crippen LogP contribution in [-0.2, 0) is 16.0 Å². The Kier molecular flexibility index (Phi) is 4.08. The summed E-state index contributed by atoms with van der Waals surface area (Å²) in [5.74, 6) is -0.418. The summed E-state index contributed by atoms with van der Waals surface area (Å²) in [6.45, 7) is 0. The van der Waals surface area contributed by atoms with E-state index >= 15 is 0 Å². The van der Waals surface area contributed by atoms with Crippen LogP contribution < -0.4 is 4.90 Å². The molecule has 0 fully saturated rings. The zero-order chi connectivity index (χ0) is 14.7. The number of carbonyl (C=O) groups is 2. The molecule has 2 amide bonds. The fraction of sp³-hybridized carbons (Fsp3) is 0.333. The van der Waals surface area contributed by atoms with Crippen molar-refractivity contribution in [3.63, 3.8) is 0 Å². The Labute approximate surface area is 118 Å². The van der Waals surface area contributed by atoms with Gasteiger partial charge < -0.3 is 9.64 Å². The maximum Gasteiger partial charge on any atom is 0.330 e. The van der Waals surface area contributed by atoms with Crippen LogP contribution in [0.1, 0.15) is 5.56 Å². The van der Waals surface area contributed by atoms with Crippen molar-refractivity contribution in [3.8, 4) is 0 Å². The largest absolute Gasteiger partial charge is 0.466 e. The number of benzene rings is 1. The summed E-state index contributed by atoms with van der Waals surface area (Å²) < 4.78 is 4.59. The van der Waals surface area contributed by atoms with E-state index in [-0.39, 0.29) is 12.1 Å². The Hall–Kier alpha value is -2.30. The Balaban J connectivity index is 2.31. The molecule has 1 unspecified atom stereocenters. The molecule has 0 saturated heterocycles. The highest BCUT2D eigenvalue weighted by Crippen LogP contribution is 2.33. The third-order valence-corrected chi connectivity index (χ3v) is 3.26. The summed E-state index contributed by atoms with van der Waals surface area (Å²) in [5, 5.41) is 0. The molecule has 1 aliphatic heterocycles. The van der Waals surface area contributed by atoms with Gasteiger partial charge in [-0.25, -0.2) is 9.59 Å². The van der Waals surface area contributed by atoms with Crippen molar-refractivity contribution >= 4 is 17.7 Å². The number of rotatable bonds is 2. The van der Waals surface area contributed by atoms with Crippen molar-refractivity contribution in [2.24, 2.45) is 0 Å². The van der Waals surface area contributed by atoms with Crippen molar-refractivity contribution in [2.75, 3.05) is 26.1 Å². The third kappa shape index (κ3) is 2.66. The van der Waals surface area contributed by atoms with E-state index in [1.165, 1.54) is 18.1 Å². The molecule has 0 aromatic heterocycles. The maximum atomic E-state index is 12.3. The molecular weight excluding hydrogens is 256 g/mol. The Morgan fingerprint density at radius 3 is 2.70 bits per heavy atom. The number of ether oxygens (including phenoxy) is 1. The molecule has 0 N–H and O–H groups in total. The van der Waals surface area contributed by atoms with Crippen LogP contribution >= 0.6 is 0 Å².